The molecule has 0 spiro atoms. The maximum atomic E-state index is 11.0. The molecule has 0 saturated carbocycles. The summed E-state index contributed by atoms with van der Waals surface area (Å²) in [6, 6.07) is -0.343. The molecule has 8 heteroatoms. The van der Waals surface area contributed by atoms with Gasteiger partial charge in [0.15, 0.2) is 0 Å². The van der Waals surface area contributed by atoms with E-state index in [0.29, 0.717) is 6.54 Å². The van der Waals surface area contributed by atoms with E-state index in [1.54, 1.807) is 14.1 Å². The van der Waals surface area contributed by atoms with Crippen molar-refractivity contribution in [3.8, 4) is 0 Å². The molecule has 0 radical (unpaired) electrons. The molecule has 0 aromatic carbocycles. The molecular formula is C8H21NO6P+. The van der Waals surface area contributed by atoms with Gasteiger partial charge in [-0.2, -0.15) is 0 Å². The number of aliphatic hydroxyl groups is 2. The van der Waals surface area contributed by atoms with E-state index in [9.17, 15) is 4.57 Å². The van der Waals surface area contributed by atoms with Gasteiger partial charge in [-0.1, -0.05) is 0 Å². The molecule has 0 aromatic heterocycles. The Hall–Kier alpha value is -0.0100. The van der Waals surface area contributed by atoms with Gasteiger partial charge in [-0.05, 0) is 0 Å². The Kier molecular flexibility index (Phi) is 6.65. The number of rotatable bonds is 8. The van der Waals surface area contributed by atoms with Gasteiger partial charge in [0.25, 0.3) is 0 Å². The standard InChI is InChI=1S/C8H20NO6P/c1-9(2,8(6-10)7-11)4-5-15-16(12,13)14-3/h8,10-11H,4-7H2,1-3H3/p+1. The summed E-state index contributed by atoms with van der Waals surface area (Å²) in [6.45, 7) is 0.0555. The highest BCUT2D eigenvalue weighted by Crippen LogP contribution is 2.41. The first-order chi connectivity index (χ1) is 7.29. The van der Waals surface area contributed by atoms with Crippen molar-refractivity contribution in [2.75, 3.05) is 47.6 Å². The molecule has 0 amide bonds. The van der Waals surface area contributed by atoms with Crippen LogP contribution in [0.3, 0.4) is 0 Å². The number of quaternary nitrogens is 1. The summed E-state index contributed by atoms with van der Waals surface area (Å²) < 4.78 is 20.2. The normalized spacial score (nSPS) is 16.4. The molecule has 16 heavy (non-hydrogen) atoms. The highest BCUT2D eigenvalue weighted by Gasteiger charge is 2.28. The summed E-state index contributed by atoms with van der Waals surface area (Å²) in [7, 11) is 0.721. The maximum Gasteiger partial charge on any atom is 0.472 e. The van der Waals surface area contributed by atoms with E-state index < -0.39 is 7.82 Å². The molecule has 0 bridgehead atoms. The van der Waals surface area contributed by atoms with Crippen LogP contribution in [0.25, 0.3) is 0 Å². The minimum atomic E-state index is -3.94. The van der Waals surface area contributed by atoms with E-state index in [4.69, 9.17) is 15.1 Å². The Labute approximate surface area is 95.4 Å². The van der Waals surface area contributed by atoms with Crippen LogP contribution in [0, 0.1) is 0 Å². The quantitative estimate of drug-likeness (QED) is 0.389. The molecule has 0 heterocycles. The third kappa shape index (κ3) is 5.36. The Morgan fingerprint density at radius 2 is 1.81 bits per heavy atom. The van der Waals surface area contributed by atoms with Crippen molar-refractivity contribution in [3.05, 3.63) is 0 Å². The van der Waals surface area contributed by atoms with E-state index >= 15 is 0 Å². The molecule has 3 N–H and O–H groups in total. The van der Waals surface area contributed by atoms with Crippen LogP contribution in [0.2, 0.25) is 0 Å². The lowest BCUT2D eigenvalue weighted by Gasteiger charge is -2.36. The van der Waals surface area contributed by atoms with Crippen LogP contribution >= 0.6 is 7.82 Å². The fraction of sp³-hybridized carbons (Fsp3) is 1.00. The van der Waals surface area contributed by atoms with Crippen LogP contribution in [0.5, 0.6) is 0 Å². The van der Waals surface area contributed by atoms with Crippen LogP contribution in [-0.2, 0) is 13.6 Å². The monoisotopic (exact) mass is 258 g/mol. The highest BCUT2D eigenvalue weighted by atomic mass is 31.2. The van der Waals surface area contributed by atoms with Gasteiger partial charge < -0.3 is 19.6 Å². The van der Waals surface area contributed by atoms with Crippen molar-refractivity contribution >= 4 is 7.82 Å². The minimum absolute atomic E-state index is 0.00508. The number of aliphatic hydroxyl groups excluding tert-OH is 2. The smallest absolute Gasteiger partial charge is 0.390 e. The van der Waals surface area contributed by atoms with Gasteiger partial charge in [-0.25, -0.2) is 4.57 Å². The molecule has 0 aliphatic rings. The Balaban J connectivity index is 4.13. The Morgan fingerprint density at radius 1 is 1.31 bits per heavy atom. The zero-order chi connectivity index (χ0) is 12.8. The van der Waals surface area contributed by atoms with Crippen molar-refractivity contribution in [3.63, 3.8) is 0 Å². The number of phosphoric acid groups is 1. The summed E-state index contributed by atoms with van der Waals surface area (Å²) in [4.78, 5) is 8.98. The predicted octanol–water partition coefficient (Wildman–Crippen LogP) is -0.821. The summed E-state index contributed by atoms with van der Waals surface area (Å²) in [5.41, 5.74) is 0. The van der Waals surface area contributed by atoms with E-state index in [1.165, 1.54) is 0 Å². The predicted molar refractivity (Wildman–Crippen MR) is 57.7 cm³/mol. The van der Waals surface area contributed by atoms with Crippen LogP contribution < -0.4 is 0 Å². The molecular weight excluding hydrogens is 237 g/mol. The zero-order valence-electron chi connectivity index (χ0n) is 9.87. The van der Waals surface area contributed by atoms with Gasteiger partial charge in [0.05, 0.1) is 27.3 Å². The van der Waals surface area contributed by atoms with Gasteiger partial charge in [-0.15, -0.1) is 0 Å². The highest BCUT2D eigenvalue weighted by molar-refractivity contribution is 7.47. The number of likely N-dealkylation sites (N-methyl/N-ethyl adjacent to an activating group) is 1. The van der Waals surface area contributed by atoms with Crippen LogP contribution in [0.4, 0.5) is 0 Å². The summed E-state index contributed by atoms with van der Waals surface area (Å²) in [5, 5.41) is 18.0. The third-order valence-electron chi connectivity index (χ3n) is 2.56. The van der Waals surface area contributed by atoms with Crippen molar-refractivity contribution < 1.29 is 33.2 Å². The first kappa shape index (κ1) is 16.0. The number of phosphoric ester groups is 1. The molecule has 1 unspecified atom stereocenters. The van der Waals surface area contributed by atoms with E-state index in [1.807, 2.05) is 0 Å². The average Bonchev–Trinajstić information content (AvgIpc) is 2.18. The maximum absolute atomic E-state index is 11.0. The fourth-order valence-corrected chi connectivity index (χ4v) is 1.54. The topological polar surface area (TPSA) is 96.2 Å². The average molecular weight is 258 g/mol. The molecule has 0 aliphatic carbocycles. The Bertz CT molecular complexity index is 243. The van der Waals surface area contributed by atoms with Crippen molar-refractivity contribution in [1.82, 2.24) is 0 Å². The van der Waals surface area contributed by atoms with Crippen LogP contribution in [0.15, 0.2) is 0 Å². The third-order valence-corrected chi connectivity index (χ3v) is 3.53. The van der Waals surface area contributed by atoms with Crippen LogP contribution in [-0.4, -0.2) is 73.2 Å². The lowest BCUT2D eigenvalue weighted by molar-refractivity contribution is -0.916. The molecule has 1 atom stereocenters. The number of hydrogen-bond donors (Lipinski definition) is 3. The molecule has 0 aromatic rings. The van der Waals surface area contributed by atoms with E-state index in [-0.39, 0.29) is 30.3 Å². The summed E-state index contributed by atoms with van der Waals surface area (Å²) >= 11 is 0. The molecule has 0 aliphatic heterocycles. The van der Waals surface area contributed by atoms with Gasteiger partial charge in [0.1, 0.15) is 19.2 Å². The largest absolute Gasteiger partial charge is 0.472 e. The summed E-state index contributed by atoms with van der Waals surface area (Å²) in [6.07, 6.45) is 0. The Morgan fingerprint density at radius 3 is 2.19 bits per heavy atom. The molecule has 98 valence electrons. The second-order valence-corrected chi connectivity index (χ2v) is 5.57. The van der Waals surface area contributed by atoms with Crippen molar-refractivity contribution in [2.45, 2.75) is 6.04 Å². The first-order valence-electron chi connectivity index (χ1n) is 4.86. The van der Waals surface area contributed by atoms with Gasteiger partial charge in [-0.3, -0.25) is 9.05 Å². The van der Waals surface area contributed by atoms with Gasteiger partial charge in [0, 0.05) is 7.11 Å². The van der Waals surface area contributed by atoms with Gasteiger partial charge in [0.2, 0.25) is 0 Å². The van der Waals surface area contributed by atoms with E-state index in [2.05, 4.69) is 9.05 Å². The zero-order valence-corrected chi connectivity index (χ0v) is 10.8. The molecule has 7 nitrogen and oxygen atoms in total. The SMILES string of the molecule is COP(=O)(O)OCC[N+](C)(C)C(CO)CO. The second kappa shape index (κ2) is 6.66. The van der Waals surface area contributed by atoms with E-state index in [0.717, 1.165) is 7.11 Å². The minimum Gasteiger partial charge on any atom is -0.390 e. The first-order valence-corrected chi connectivity index (χ1v) is 6.36. The number of hydrogen-bond acceptors (Lipinski definition) is 5. The fourth-order valence-electron chi connectivity index (χ4n) is 1.13. The molecule has 0 saturated heterocycles. The van der Waals surface area contributed by atoms with Crippen LogP contribution in [0.1, 0.15) is 0 Å². The molecule has 0 rings (SSSR count). The van der Waals surface area contributed by atoms with Crippen molar-refractivity contribution in [1.29, 1.82) is 0 Å². The summed E-state index contributed by atoms with van der Waals surface area (Å²) in [5.74, 6) is 0. The lowest BCUT2D eigenvalue weighted by atomic mass is 10.2. The molecule has 0 fully saturated rings. The van der Waals surface area contributed by atoms with Gasteiger partial charge >= 0.3 is 7.82 Å². The second-order valence-electron chi connectivity index (χ2n) is 4.01. The lowest BCUT2D eigenvalue weighted by Crippen LogP contribution is -2.54. The van der Waals surface area contributed by atoms with Crippen molar-refractivity contribution in [2.24, 2.45) is 0 Å². The number of nitrogens with zero attached hydrogens (tertiary/aromatic N) is 1.